The molecule has 0 radical (unpaired) electrons. The Morgan fingerprint density at radius 3 is 2.76 bits per heavy atom. The summed E-state index contributed by atoms with van der Waals surface area (Å²) in [5.74, 6) is 0.221. The summed E-state index contributed by atoms with van der Waals surface area (Å²) < 4.78 is 6.01. The largest absolute Gasteiger partial charge is 0.470 e. The molecule has 2 atom stereocenters. The van der Waals surface area contributed by atoms with Gasteiger partial charge in [0, 0.05) is 25.4 Å². The average Bonchev–Trinajstić information content (AvgIpc) is 2.72. The molecule has 1 aromatic rings. The number of rotatable bonds is 11. The number of nitrogens with two attached hydrogens (primary N) is 1. The van der Waals surface area contributed by atoms with Crippen LogP contribution in [0.5, 0.6) is 5.75 Å². The highest BCUT2D eigenvalue weighted by molar-refractivity contribution is 8.01. The van der Waals surface area contributed by atoms with Crippen LogP contribution in [-0.2, 0) is 11.3 Å². The van der Waals surface area contributed by atoms with Gasteiger partial charge in [-0.3, -0.25) is 9.69 Å². The highest BCUT2D eigenvalue weighted by Gasteiger charge is 2.23. The highest BCUT2D eigenvalue weighted by atomic mass is 32.2. The minimum atomic E-state index is -0.734. The van der Waals surface area contributed by atoms with Crippen LogP contribution >= 0.6 is 24.0 Å². The Kier molecular flexibility index (Phi) is 10.6. The van der Waals surface area contributed by atoms with Gasteiger partial charge in [0.05, 0.1) is 0 Å². The lowest BCUT2D eigenvalue weighted by molar-refractivity contribution is -0.121. The molecule has 2 unspecified atom stereocenters. The molecule has 0 bridgehead atoms. The molecule has 1 saturated heterocycles. The van der Waals surface area contributed by atoms with Gasteiger partial charge in [0.25, 0.3) is 5.91 Å². The van der Waals surface area contributed by atoms with E-state index in [1.54, 1.807) is 7.05 Å². The monoisotopic (exact) mass is 438 g/mol. The van der Waals surface area contributed by atoms with Gasteiger partial charge in [-0.25, -0.2) is 0 Å². The molecule has 1 aromatic carbocycles. The predicted octanol–water partition coefficient (Wildman–Crippen LogP) is 2.86. The minimum Gasteiger partial charge on any atom is -0.470 e. The second-order valence-corrected chi connectivity index (χ2v) is 9.12. The van der Waals surface area contributed by atoms with Gasteiger partial charge < -0.3 is 21.1 Å². The highest BCUT2D eigenvalue weighted by Crippen LogP contribution is 2.26. The first-order valence-electron chi connectivity index (χ1n) is 10.4. The maximum atomic E-state index is 12.0. The van der Waals surface area contributed by atoms with Gasteiger partial charge in [-0.2, -0.15) is 0 Å². The van der Waals surface area contributed by atoms with Crippen molar-refractivity contribution in [2.45, 2.75) is 56.3 Å². The Morgan fingerprint density at radius 1 is 1.34 bits per heavy atom. The van der Waals surface area contributed by atoms with Crippen molar-refractivity contribution in [2.75, 3.05) is 26.7 Å². The van der Waals surface area contributed by atoms with Crippen molar-refractivity contribution in [1.29, 1.82) is 0 Å². The fraction of sp³-hybridized carbons (Fsp3) is 0.619. The number of ether oxygens (including phenoxy) is 1. The van der Waals surface area contributed by atoms with Crippen LogP contribution in [0.25, 0.3) is 0 Å². The number of hydrogen-bond donors (Lipinski definition) is 3. The summed E-state index contributed by atoms with van der Waals surface area (Å²) in [4.78, 5) is 14.5. The number of amides is 1. The van der Waals surface area contributed by atoms with Crippen molar-refractivity contribution in [3.63, 3.8) is 0 Å². The summed E-state index contributed by atoms with van der Waals surface area (Å²) in [6.45, 7) is 5.97. The van der Waals surface area contributed by atoms with Crippen LogP contribution in [0.15, 0.2) is 24.3 Å². The van der Waals surface area contributed by atoms with Gasteiger partial charge >= 0.3 is 0 Å². The van der Waals surface area contributed by atoms with Gasteiger partial charge in [-0.15, -0.1) is 11.8 Å². The summed E-state index contributed by atoms with van der Waals surface area (Å²) >= 11 is 6.61. The third-order valence-electron chi connectivity index (χ3n) is 4.87. The number of carbonyl (C=O) groups excluding carboxylic acids is 1. The zero-order valence-electron chi connectivity index (χ0n) is 17.5. The van der Waals surface area contributed by atoms with E-state index < -0.39 is 11.3 Å². The molecular formula is C21H34N4O2S2. The van der Waals surface area contributed by atoms with Crippen LogP contribution in [0, 0.1) is 0 Å². The molecule has 1 aliphatic rings. The second kappa shape index (κ2) is 12.9. The van der Waals surface area contributed by atoms with Gasteiger partial charge in [0.15, 0.2) is 5.11 Å². The number of nitrogens with one attached hydrogen (secondary N) is 2. The van der Waals surface area contributed by atoms with Crippen molar-refractivity contribution >= 4 is 35.0 Å². The fourth-order valence-electron chi connectivity index (χ4n) is 3.38. The van der Waals surface area contributed by atoms with E-state index in [-0.39, 0.29) is 5.25 Å². The standard InChI is InChI=1S/C21H34N4O2S2/c1-3-8-18(14-24-21(28)23-2)29-20(19(22)26)27-17-10-7-9-16(13-17)15-25-11-5-4-6-12-25/h7,9-10,13,18,20H,3-6,8,11-12,14-15H2,1-2H3,(H2,22,26)(H2,23,24,28). The number of piperidine rings is 1. The molecule has 162 valence electrons. The molecule has 6 nitrogen and oxygen atoms in total. The van der Waals surface area contributed by atoms with Crippen LogP contribution in [0.2, 0.25) is 0 Å². The Bertz CT molecular complexity index is 653. The molecule has 4 N–H and O–H groups in total. The lowest BCUT2D eigenvalue weighted by Crippen LogP contribution is -2.39. The number of benzene rings is 1. The average molecular weight is 439 g/mol. The number of primary amides is 1. The number of hydrogen-bond acceptors (Lipinski definition) is 5. The van der Waals surface area contributed by atoms with E-state index in [4.69, 9.17) is 22.7 Å². The first-order chi connectivity index (χ1) is 14.0. The van der Waals surface area contributed by atoms with Gasteiger partial charge in [-0.05, 0) is 62.3 Å². The number of carbonyl (C=O) groups is 1. The molecule has 0 spiro atoms. The zero-order chi connectivity index (χ0) is 21.1. The van der Waals surface area contributed by atoms with E-state index in [1.165, 1.54) is 36.6 Å². The summed E-state index contributed by atoms with van der Waals surface area (Å²) in [6.07, 6.45) is 5.79. The number of thiocarbonyl (C=S) groups is 1. The second-order valence-electron chi connectivity index (χ2n) is 7.34. The molecule has 1 fully saturated rings. The summed E-state index contributed by atoms with van der Waals surface area (Å²) in [6, 6.07) is 8.00. The normalized spacial score (nSPS) is 16.6. The molecule has 29 heavy (non-hydrogen) atoms. The van der Waals surface area contributed by atoms with E-state index in [0.29, 0.717) is 17.4 Å². The first-order valence-corrected chi connectivity index (χ1v) is 11.7. The molecule has 0 aromatic heterocycles. The van der Waals surface area contributed by atoms with E-state index in [9.17, 15) is 4.79 Å². The number of nitrogens with zero attached hydrogens (tertiary/aromatic N) is 1. The smallest absolute Gasteiger partial charge is 0.269 e. The minimum absolute atomic E-state index is 0.167. The van der Waals surface area contributed by atoms with Gasteiger partial charge in [0.1, 0.15) is 5.75 Å². The number of thioether (sulfide) groups is 1. The van der Waals surface area contributed by atoms with E-state index in [2.05, 4.69) is 28.5 Å². The van der Waals surface area contributed by atoms with Crippen molar-refractivity contribution in [3.05, 3.63) is 29.8 Å². The predicted molar refractivity (Wildman–Crippen MR) is 125 cm³/mol. The first kappa shape index (κ1) is 23.8. The van der Waals surface area contributed by atoms with Crippen molar-refractivity contribution in [1.82, 2.24) is 15.5 Å². The molecule has 2 rings (SSSR count). The molecular weight excluding hydrogens is 404 g/mol. The number of likely N-dealkylation sites (tertiary alicyclic amines) is 1. The van der Waals surface area contributed by atoms with Crippen LogP contribution in [0.1, 0.15) is 44.6 Å². The maximum absolute atomic E-state index is 12.0. The summed E-state index contributed by atoms with van der Waals surface area (Å²) in [5.41, 5.74) is 6.11. The van der Waals surface area contributed by atoms with Crippen molar-refractivity contribution < 1.29 is 9.53 Å². The van der Waals surface area contributed by atoms with Crippen LogP contribution < -0.4 is 21.1 Å². The summed E-state index contributed by atoms with van der Waals surface area (Å²) in [7, 11) is 1.78. The van der Waals surface area contributed by atoms with Crippen LogP contribution in [0.3, 0.4) is 0 Å². The Labute approximate surface area is 184 Å². The van der Waals surface area contributed by atoms with E-state index >= 15 is 0 Å². The Balaban J connectivity index is 1.98. The summed E-state index contributed by atoms with van der Waals surface area (Å²) in [5, 5.41) is 6.83. The molecule has 0 saturated carbocycles. The quantitative estimate of drug-likeness (QED) is 0.362. The Morgan fingerprint density at radius 2 is 2.10 bits per heavy atom. The lowest BCUT2D eigenvalue weighted by Gasteiger charge is -2.26. The third kappa shape index (κ3) is 8.80. The van der Waals surface area contributed by atoms with E-state index in [0.717, 1.165) is 32.5 Å². The third-order valence-corrected chi connectivity index (χ3v) is 6.58. The van der Waals surface area contributed by atoms with E-state index in [1.807, 2.05) is 18.2 Å². The van der Waals surface area contributed by atoms with Gasteiger partial charge in [0.2, 0.25) is 5.44 Å². The Hall–Kier alpha value is -1.51. The SMILES string of the molecule is CCCC(CNC(=S)NC)SC(Oc1cccc(CN2CCCCC2)c1)C(N)=O. The van der Waals surface area contributed by atoms with Crippen LogP contribution in [0.4, 0.5) is 0 Å². The topological polar surface area (TPSA) is 79.6 Å². The van der Waals surface area contributed by atoms with Crippen LogP contribution in [-0.4, -0.2) is 53.3 Å². The fourth-order valence-corrected chi connectivity index (χ4v) is 4.66. The molecule has 1 amide bonds. The molecule has 1 aliphatic heterocycles. The van der Waals surface area contributed by atoms with Crippen molar-refractivity contribution in [3.8, 4) is 5.75 Å². The van der Waals surface area contributed by atoms with Gasteiger partial charge in [-0.1, -0.05) is 31.9 Å². The maximum Gasteiger partial charge on any atom is 0.269 e. The molecule has 1 heterocycles. The zero-order valence-corrected chi connectivity index (χ0v) is 19.1. The van der Waals surface area contributed by atoms with Crippen molar-refractivity contribution in [2.24, 2.45) is 5.73 Å². The molecule has 8 heteroatoms. The molecule has 0 aliphatic carbocycles. The lowest BCUT2D eigenvalue weighted by atomic mass is 10.1.